The minimum absolute atomic E-state index is 0. The molecule has 178 valence electrons. The summed E-state index contributed by atoms with van der Waals surface area (Å²) < 4.78 is 7.49. The monoisotopic (exact) mass is 488 g/mol. The lowest BCUT2D eigenvalue weighted by Gasteiger charge is -2.22. The van der Waals surface area contributed by atoms with Crippen molar-refractivity contribution in [3.8, 4) is 17.2 Å². The Kier molecular flexibility index (Phi) is 7.45. The van der Waals surface area contributed by atoms with Crippen molar-refractivity contribution < 1.29 is 4.74 Å². The molecule has 0 saturated carbocycles. The van der Waals surface area contributed by atoms with Crippen molar-refractivity contribution in [3.05, 3.63) is 72.7 Å². The predicted molar refractivity (Wildman–Crippen MR) is 138 cm³/mol. The zero-order chi connectivity index (χ0) is 23.3. The Morgan fingerprint density at radius 2 is 1.66 bits per heavy atom. The summed E-state index contributed by atoms with van der Waals surface area (Å²) in [5.41, 5.74) is 10.5. The topological polar surface area (TPSA) is 127 Å². The van der Waals surface area contributed by atoms with Crippen LogP contribution >= 0.6 is 12.4 Å². The standard InChI is InChI=1S/C25H24N8O.ClH/c26-13-17-1-5-21(6-2-17)31-25-28-15-23(24(32-25)30-20-7-3-19(27)4-8-20)18-14-29-33(16-18)22-9-11-34-12-10-22;/h1-8,14-16,22H,9-12,27H2,(H2,28,30,31,32);1H. The van der Waals surface area contributed by atoms with Gasteiger partial charge in [0.2, 0.25) is 5.95 Å². The summed E-state index contributed by atoms with van der Waals surface area (Å²) in [6.45, 7) is 1.51. The molecule has 0 amide bonds. The zero-order valence-electron chi connectivity index (χ0n) is 18.9. The van der Waals surface area contributed by atoms with E-state index in [-0.39, 0.29) is 12.4 Å². The quantitative estimate of drug-likeness (QED) is 0.321. The molecule has 1 aliphatic heterocycles. The SMILES string of the molecule is Cl.N#Cc1ccc(Nc2ncc(-c3cnn(C4CCOCC4)c3)c(Nc3ccc(N)cc3)n2)cc1. The Labute approximate surface area is 209 Å². The Balaban J connectivity index is 0.00000289. The molecule has 10 heteroatoms. The molecule has 2 aromatic carbocycles. The average Bonchev–Trinajstić information content (AvgIpc) is 3.37. The summed E-state index contributed by atoms with van der Waals surface area (Å²) >= 11 is 0. The summed E-state index contributed by atoms with van der Waals surface area (Å²) in [5.74, 6) is 1.07. The van der Waals surface area contributed by atoms with E-state index in [1.807, 2.05) is 53.5 Å². The Bertz CT molecular complexity index is 1310. The van der Waals surface area contributed by atoms with Crippen LogP contribution in [0.4, 0.5) is 28.8 Å². The van der Waals surface area contributed by atoms with E-state index in [0.717, 1.165) is 48.6 Å². The van der Waals surface area contributed by atoms with Crippen molar-refractivity contribution in [3.63, 3.8) is 0 Å². The van der Waals surface area contributed by atoms with Gasteiger partial charge in [0.1, 0.15) is 5.82 Å². The fourth-order valence-corrected chi connectivity index (χ4v) is 3.84. The van der Waals surface area contributed by atoms with E-state index >= 15 is 0 Å². The molecule has 0 bridgehead atoms. The zero-order valence-corrected chi connectivity index (χ0v) is 19.7. The van der Waals surface area contributed by atoms with E-state index in [1.54, 1.807) is 18.3 Å². The van der Waals surface area contributed by atoms with Crippen molar-refractivity contribution in [2.24, 2.45) is 0 Å². The number of hydrogen-bond acceptors (Lipinski definition) is 8. The van der Waals surface area contributed by atoms with E-state index < -0.39 is 0 Å². The number of hydrogen-bond donors (Lipinski definition) is 3. The number of halogens is 1. The molecule has 9 nitrogen and oxygen atoms in total. The molecule has 4 aromatic rings. The van der Waals surface area contributed by atoms with Crippen molar-refractivity contribution in [2.75, 3.05) is 29.6 Å². The van der Waals surface area contributed by atoms with Crippen LogP contribution in [-0.2, 0) is 4.74 Å². The van der Waals surface area contributed by atoms with E-state index in [1.165, 1.54) is 0 Å². The van der Waals surface area contributed by atoms with Gasteiger partial charge in [-0.25, -0.2) is 4.98 Å². The van der Waals surface area contributed by atoms with Crippen LogP contribution in [0.25, 0.3) is 11.1 Å². The number of rotatable bonds is 6. The van der Waals surface area contributed by atoms with Crippen LogP contribution in [0.15, 0.2) is 67.1 Å². The summed E-state index contributed by atoms with van der Waals surface area (Å²) in [7, 11) is 0. The first kappa shape index (κ1) is 24.0. The van der Waals surface area contributed by atoms with E-state index in [0.29, 0.717) is 29.1 Å². The molecule has 0 radical (unpaired) electrons. The third kappa shape index (κ3) is 5.69. The second-order valence-corrected chi connectivity index (χ2v) is 8.07. The number of nitrogens with zero attached hydrogens (tertiary/aromatic N) is 5. The molecular formula is C25H25ClN8O. The average molecular weight is 489 g/mol. The summed E-state index contributed by atoms with van der Waals surface area (Å²) in [4.78, 5) is 9.27. The Morgan fingerprint density at radius 1 is 0.971 bits per heavy atom. The number of aromatic nitrogens is 4. The molecule has 0 unspecified atom stereocenters. The maximum absolute atomic E-state index is 9.01. The van der Waals surface area contributed by atoms with Crippen LogP contribution < -0.4 is 16.4 Å². The van der Waals surface area contributed by atoms with Gasteiger partial charge in [0.25, 0.3) is 0 Å². The summed E-state index contributed by atoms with van der Waals surface area (Å²) in [6, 6.07) is 17.1. The second-order valence-electron chi connectivity index (χ2n) is 8.07. The number of ether oxygens (including phenoxy) is 1. The van der Waals surface area contributed by atoms with Crippen molar-refractivity contribution in [2.45, 2.75) is 18.9 Å². The molecule has 0 aliphatic carbocycles. The van der Waals surface area contributed by atoms with E-state index in [9.17, 15) is 0 Å². The van der Waals surface area contributed by atoms with Crippen LogP contribution in [0.3, 0.4) is 0 Å². The highest BCUT2D eigenvalue weighted by atomic mass is 35.5. The maximum atomic E-state index is 9.01. The van der Waals surface area contributed by atoms with Crippen molar-refractivity contribution >= 4 is 41.2 Å². The van der Waals surface area contributed by atoms with Crippen LogP contribution in [-0.4, -0.2) is 33.0 Å². The molecule has 4 N–H and O–H groups in total. The van der Waals surface area contributed by atoms with Gasteiger partial charge in [0.05, 0.1) is 23.9 Å². The number of anilines is 5. The first-order valence-corrected chi connectivity index (χ1v) is 11.1. The molecular weight excluding hydrogens is 464 g/mol. The van der Waals surface area contributed by atoms with Gasteiger partial charge >= 0.3 is 0 Å². The van der Waals surface area contributed by atoms with Gasteiger partial charge in [-0.1, -0.05) is 0 Å². The lowest BCUT2D eigenvalue weighted by Crippen LogP contribution is -2.19. The number of nitriles is 1. The van der Waals surface area contributed by atoms with E-state index in [4.69, 9.17) is 20.7 Å². The van der Waals surface area contributed by atoms with Crippen molar-refractivity contribution in [1.29, 1.82) is 5.26 Å². The number of nitrogens with one attached hydrogen (secondary N) is 2. The fraction of sp³-hybridized carbons (Fsp3) is 0.200. The third-order valence-corrected chi connectivity index (χ3v) is 5.71. The van der Waals surface area contributed by atoms with Gasteiger partial charge in [0.15, 0.2) is 0 Å². The smallest absolute Gasteiger partial charge is 0.229 e. The van der Waals surface area contributed by atoms with Gasteiger partial charge in [-0.15, -0.1) is 12.4 Å². The molecule has 1 fully saturated rings. The minimum atomic E-state index is 0. The van der Waals surface area contributed by atoms with Gasteiger partial charge in [-0.3, -0.25) is 4.68 Å². The highest BCUT2D eigenvalue weighted by Gasteiger charge is 2.18. The first-order chi connectivity index (χ1) is 16.7. The van der Waals surface area contributed by atoms with Gasteiger partial charge < -0.3 is 21.1 Å². The summed E-state index contributed by atoms with van der Waals surface area (Å²) in [5, 5.41) is 20.2. The number of benzene rings is 2. The third-order valence-electron chi connectivity index (χ3n) is 5.71. The van der Waals surface area contributed by atoms with Crippen molar-refractivity contribution in [1.82, 2.24) is 19.7 Å². The largest absolute Gasteiger partial charge is 0.399 e. The molecule has 5 rings (SSSR count). The Hall–Kier alpha value is -4.13. The second kappa shape index (κ2) is 10.9. The molecule has 1 aliphatic rings. The van der Waals surface area contributed by atoms with E-state index in [2.05, 4.69) is 26.8 Å². The fourth-order valence-electron chi connectivity index (χ4n) is 3.84. The summed E-state index contributed by atoms with van der Waals surface area (Å²) in [6.07, 6.45) is 7.56. The van der Waals surface area contributed by atoms with Crippen LogP contribution in [0.2, 0.25) is 0 Å². The normalized spacial score (nSPS) is 13.5. The minimum Gasteiger partial charge on any atom is -0.399 e. The van der Waals surface area contributed by atoms with Gasteiger partial charge in [-0.05, 0) is 61.4 Å². The molecule has 2 aromatic heterocycles. The molecule has 3 heterocycles. The Morgan fingerprint density at radius 3 is 2.37 bits per heavy atom. The highest BCUT2D eigenvalue weighted by Crippen LogP contribution is 2.31. The molecule has 35 heavy (non-hydrogen) atoms. The van der Waals surface area contributed by atoms with Crippen LogP contribution in [0.1, 0.15) is 24.4 Å². The molecule has 1 saturated heterocycles. The van der Waals surface area contributed by atoms with Crippen LogP contribution in [0.5, 0.6) is 0 Å². The lowest BCUT2D eigenvalue weighted by molar-refractivity contribution is 0.0662. The number of nitrogens with two attached hydrogens (primary N) is 1. The number of nitrogen functional groups attached to an aromatic ring is 1. The van der Waals surface area contributed by atoms with Gasteiger partial charge in [-0.2, -0.15) is 15.3 Å². The maximum Gasteiger partial charge on any atom is 0.229 e. The lowest BCUT2D eigenvalue weighted by atomic mass is 10.1. The van der Waals surface area contributed by atoms with Crippen LogP contribution in [0, 0.1) is 11.3 Å². The molecule has 0 spiro atoms. The highest BCUT2D eigenvalue weighted by molar-refractivity contribution is 5.85. The van der Waals surface area contributed by atoms with Gasteiger partial charge in [0, 0.05) is 53.8 Å². The first-order valence-electron chi connectivity index (χ1n) is 11.1. The predicted octanol–water partition coefficient (Wildman–Crippen LogP) is 5.05. The molecule has 0 atom stereocenters.